The van der Waals surface area contributed by atoms with Gasteiger partial charge < -0.3 is 10.6 Å². The number of rotatable bonds is 8. The van der Waals surface area contributed by atoms with Gasteiger partial charge in [0.05, 0.1) is 18.0 Å². The minimum atomic E-state index is -0.285. The quantitative estimate of drug-likeness (QED) is 0.456. The summed E-state index contributed by atoms with van der Waals surface area (Å²) in [5, 5.41) is 6.12. The maximum atomic E-state index is 12.2. The molecule has 0 unspecified atom stereocenters. The van der Waals surface area contributed by atoms with E-state index in [0.29, 0.717) is 11.6 Å². The number of hydrogen-bond donors (Lipinski definition) is 2. The molecule has 6 nitrogen and oxygen atoms in total. The molecule has 0 bridgehead atoms. The van der Waals surface area contributed by atoms with E-state index in [2.05, 4.69) is 57.5 Å². The summed E-state index contributed by atoms with van der Waals surface area (Å²) in [6.07, 6.45) is 3.58. The summed E-state index contributed by atoms with van der Waals surface area (Å²) in [5.74, 6) is 0.127. The van der Waals surface area contributed by atoms with E-state index in [-0.39, 0.29) is 24.1 Å². The Balaban J connectivity index is 1.50. The van der Waals surface area contributed by atoms with Crippen LogP contribution in [0.3, 0.4) is 0 Å². The number of carbonyl (C=O) groups excluding carboxylic acids is 2. The van der Waals surface area contributed by atoms with Crippen molar-refractivity contribution in [3.8, 4) is 5.69 Å². The van der Waals surface area contributed by atoms with Crippen LogP contribution in [-0.4, -0.2) is 33.7 Å². The number of imidazole rings is 1. The number of aromatic nitrogens is 2. The third-order valence-corrected chi connectivity index (χ3v) is 6.03. The fourth-order valence-corrected chi connectivity index (χ4v) is 3.92. The number of nitrogens with one attached hydrogen (secondary N) is 2. The molecule has 1 heterocycles. The Morgan fingerprint density at radius 3 is 2.53 bits per heavy atom. The van der Waals surface area contributed by atoms with Crippen molar-refractivity contribution in [2.45, 2.75) is 24.9 Å². The standard InChI is InChI=1S/C22H23BrN4O2S/c1-15(2)16-7-9-17(10-8-16)27-12-11-24-22(27)30-14-21(29)25-13-20(28)26-19-6-4-3-5-18(19)23/h3-12,15H,13-14H2,1-2H3,(H,25,29)(H,26,28). The lowest BCUT2D eigenvalue weighted by Gasteiger charge is -2.10. The lowest BCUT2D eigenvalue weighted by molar-refractivity contribution is -0.122. The van der Waals surface area contributed by atoms with Gasteiger partial charge >= 0.3 is 0 Å². The van der Waals surface area contributed by atoms with Gasteiger partial charge in [0.15, 0.2) is 5.16 Å². The van der Waals surface area contributed by atoms with E-state index >= 15 is 0 Å². The first-order valence-electron chi connectivity index (χ1n) is 9.51. The summed E-state index contributed by atoms with van der Waals surface area (Å²) < 4.78 is 2.73. The van der Waals surface area contributed by atoms with E-state index in [4.69, 9.17) is 0 Å². The molecule has 2 N–H and O–H groups in total. The van der Waals surface area contributed by atoms with E-state index in [0.717, 1.165) is 15.3 Å². The largest absolute Gasteiger partial charge is 0.346 e. The molecule has 30 heavy (non-hydrogen) atoms. The lowest BCUT2D eigenvalue weighted by atomic mass is 10.0. The smallest absolute Gasteiger partial charge is 0.243 e. The van der Waals surface area contributed by atoms with E-state index in [9.17, 15) is 9.59 Å². The molecule has 0 aliphatic heterocycles. The minimum Gasteiger partial charge on any atom is -0.346 e. The van der Waals surface area contributed by atoms with Crippen LogP contribution < -0.4 is 10.6 Å². The van der Waals surface area contributed by atoms with Crippen molar-refractivity contribution in [2.24, 2.45) is 0 Å². The number of nitrogens with zero attached hydrogens (tertiary/aromatic N) is 2. The summed E-state index contributed by atoms with van der Waals surface area (Å²) in [6, 6.07) is 15.6. The van der Waals surface area contributed by atoms with E-state index < -0.39 is 0 Å². The van der Waals surface area contributed by atoms with Gasteiger partial charge in [-0.05, 0) is 51.7 Å². The lowest BCUT2D eigenvalue weighted by Crippen LogP contribution is -2.34. The van der Waals surface area contributed by atoms with Crippen LogP contribution in [0, 0.1) is 0 Å². The zero-order valence-electron chi connectivity index (χ0n) is 16.8. The second-order valence-electron chi connectivity index (χ2n) is 6.92. The maximum Gasteiger partial charge on any atom is 0.243 e. The molecule has 0 spiro atoms. The van der Waals surface area contributed by atoms with Gasteiger partial charge in [0, 0.05) is 22.6 Å². The topological polar surface area (TPSA) is 76.0 Å². The highest BCUT2D eigenvalue weighted by Gasteiger charge is 2.11. The summed E-state index contributed by atoms with van der Waals surface area (Å²) in [5.41, 5.74) is 2.93. The maximum absolute atomic E-state index is 12.2. The van der Waals surface area contributed by atoms with Crippen LogP contribution in [0.15, 0.2) is 70.6 Å². The predicted molar refractivity (Wildman–Crippen MR) is 124 cm³/mol. The fourth-order valence-electron chi connectivity index (χ4n) is 2.73. The summed E-state index contributed by atoms with van der Waals surface area (Å²) >= 11 is 4.70. The Labute approximate surface area is 188 Å². The van der Waals surface area contributed by atoms with Gasteiger partial charge in [-0.25, -0.2) is 4.98 Å². The summed E-state index contributed by atoms with van der Waals surface area (Å²) in [4.78, 5) is 28.6. The summed E-state index contributed by atoms with van der Waals surface area (Å²) in [6.45, 7) is 4.22. The van der Waals surface area contributed by atoms with Crippen molar-refractivity contribution in [3.63, 3.8) is 0 Å². The molecule has 0 saturated heterocycles. The molecule has 2 aromatic carbocycles. The van der Waals surface area contributed by atoms with Gasteiger partial charge in [0.2, 0.25) is 11.8 Å². The number of amides is 2. The third-order valence-electron chi connectivity index (χ3n) is 4.37. The number of anilines is 1. The van der Waals surface area contributed by atoms with E-state index in [1.165, 1.54) is 17.3 Å². The molecule has 0 saturated carbocycles. The SMILES string of the molecule is CC(C)c1ccc(-n2ccnc2SCC(=O)NCC(=O)Nc2ccccc2Br)cc1. The highest BCUT2D eigenvalue weighted by Crippen LogP contribution is 2.23. The molecule has 3 aromatic rings. The zero-order chi connectivity index (χ0) is 21.5. The summed E-state index contributed by atoms with van der Waals surface area (Å²) in [7, 11) is 0. The second-order valence-corrected chi connectivity index (χ2v) is 8.72. The Morgan fingerprint density at radius 1 is 1.10 bits per heavy atom. The van der Waals surface area contributed by atoms with Crippen LogP contribution in [0.5, 0.6) is 0 Å². The van der Waals surface area contributed by atoms with Crippen LogP contribution in [-0.2, 0) is 9.59 Å². The van der Waals surface area contributed by atoms with Crippen LogP contribution in [0.1, 0.15) is 25.3 Å². The normalized spacial score (nSPS) is 10.8. The number of para-hydroxylation sites is 1. The van der Waals surface area contributed by atoms with Crippen molar-refractivity contribution in [1.82, 2.24) is 14.9 Å². The second kappa shape index (κ2) is 10.4. The van der Waals surface area contributed by atoms with Gasteiger partial charge in [-0.1, -0.05) is 49.9 Å². The minimum absolute atomic E-state index is 0.0914. The molecule has 8 heteroatoms. The highest BCUT2D eigenvalue weighted by atomic mass is 79.9. The van der Waals surface area contributed by atoms with Gasteiger partial charge in [-0.15, -0.1) is 0 Å². The zero-order valence-corrected chi connectivity index (χ0v) is 19.2. The monoisotopic (exact) mass is 486 g/mol. The van der Waals surface area contributed by atoms with Gasteiger partial charge in [0.25, 0.3) is 0 Å². The molecule has 0 fully saturated rings. The Morgan fingerprint density at radius 2 is 1.83 bits per heavy atom. The molecule has 0 aliphatic rings. The molecule has 0 atom stereocenters. The predicted octanol–water partition coefficient (Wildman–Crippen LogP) is 4.61. The number of thioether (sulfide) groups is 1. The average molecular weight is 487 g/mol. The number of halogens is 1. The average Bonchev–Trinajstić information content (AvgIpc) is 3.21. The van der Waals surface area contributed by atoms with Crippen LogP contribution in [0.4, 0.5) is 5.69 Å². The molecule has 1 aromatic heterocycles. The number of carbonyl (C=O) groups is 2. The first kappa shape index (κ1) is 22.1. The third kappa shape index (κ3) is 5.96. The van der Waals surface area contributed by atoms with Crippen LogP contribution in [0.25, 0.3) is 5.69 Å². The molecule has 0 aliphatic carbocycles. The molecule has 0 radical (unpaired) electrons. The van der Waals surface area contributed by atoms with Crippen molar-refractivity contribution >= 4 is 45.2 Å². The molecular formula is C22H23BrN4O2S. The highest BCUT2D eigenvalue weighted by molar-refractivity contribution is 9.10. The van der Waals surface area contributed by atoms with Gasteiger partial charge in [-0.3, -0.25) is 14.2 Å². The Bertz CT molecular complexity index is 1020. The first-order chi connectivity index (χ1) is 14.4. The van der Waals surface area contributed by atoms with Crippen molar-refractivity contribution in [3.05, 3.63) is 71.0 Å². The van der Waals surface area contributed by atoms with E-state index in [1.807, 2.05) is 41.1 Å². The van der Waals surface area contributed by atoms with Gasteiger partial charge in [0.1, 0.15) is 0 Å². The first-order valence-corrected chi connectivity index (χ1v) is 11.3. The van der Waals surface area contributed by atoms with Crippen molar-refractivity contribution in [1.29, 1.82) is 0 Å². The Kier molecular flexibility index (Phi) is 7.70. The Hall–Kier alpha value is -2.58. The van der Waals surface area contributed by atoms with Crippen LogP contribution >= 0.6 is 27.7 Å². The van der Waals surface area contributed by atoms with Crippen LogP contribution in [0.2, 0.25) is 0 Å². The molecule has 2 amide bonds. The van der Waals surface area contributed by atoms with Crippen molar-refractivity contribution < 1.29 is 9.59 Å². The van der Waals surface area contributed by atoms with Crippen molar-refractivity contribution in [2.75, 3.05) is 17.6 Å². The van der Waals surface area contributed by atoms with E-state index in [1.54, 1.807) is 12.3 Å². The fraction of sp³-hybridized carbons (Fsp3) is 0.227. The molecule has 3 rings (SSSR count). The molecular weight excluding hydrogens is 464 g/mol. The number of hydrogen-bond acceptors (Lipinski definition) is 4. The van der Waals surface area contributed by atoms with Gasteiger partial charge in [-0.2, -0.15) is 0 Å². The number of benzene rings is 2. The molecule has 156 valence electrons.